The third kappa shape index (κ3) is 4.73. The Labute approximate surface area is 153 Å². The maximum absolute atomic E-state index is 5.67. The van der Waals surface area contributed by atoms with Gasteiger partial charge in [-0.3, -0.25) is 4.99 Å². The van der Waals surface area contributed by atoms with E-state index in [9.17, 15) is 0 Å². The van der Waals surface area contributed by atoms with E-state index in [2.05, 4.69) is 44.8 Å². The zero-order valence-corrected chi connectivity index (χ0v) is 17.3. The molecule has 1 heterocycles. The number of ether oxygens (including phenoxy) is 1. The second-order valence-corrected chi connectivity index (χ2v) is 7.64. The molecule has 130 valence electrons. The second-order valence-electron chi connectivity index (χ2n) is 7.64. The van der Waals surface area contributed by atoms with Crippen LogP contribution in [0.2, 0.25) is 0 Å². The Morgan fingerprint density at radius 1 is 1.27 bits per heavy atom. The highest BCUT2D eigenvalue weighted by Crippen LogP contribution is 2.46. The van der Waals surface area contributed by atoms with Crippen LogP contribution in [0.1, 0.15) is 53.9 Å². The van der Waals surface area contributed by atoms with Crippen molar-refractivity contribution in [1.29, 1.82) is 0 Å². The second kappa shape index (κ2) is 8.18. The lowest BCUT2D eigenvalue weighted by Crippen LogP contribution is -2.72. The first-order valence-corrected chi connectivity index (χ1v) is 8.52. The summed E-state index contributed by atoms with van der Waals surface area (Å²) in [5.41, 5.74) is 0.507. The van der Waals surface area contributed by atoms with Gasteiger partial charge in [0.15, 0.2) is 5.96 Å². The van der Waals surface area contributed by atoms with E-state index in [0.717, 1.165) is 51.1 Å². The van der Waals surface area contributed by atoms with Crippen molar-refractivity contribution in [1.82, 2.24) is 10.2 Å². The van der Waals surface area contributed by atoms with Gasteiger partial charge in [0.2, 0.25) is 0 Å². The molecule has 0 amide bonds. The van der Waals surface area contributed by atoms with Crippen molar-refractivity contribution in [2.75, 3.05) is 32.8 Å². The quantitative estimate of drug-likeness (QED) is 0.295. The highest BCUT2D eigenvalue weighted by Gasteiger charge is 2.53. The number of hydrogen-bond acceptors (Lipinski definition) is 2. The van der Waals surface area contributed by atoms with Crippen molar-refractivity contribution in [2.24, 2.45) is 16.3 Å². The summed E-state index contributed by atoms with van der Waals surface area (Å²) in [4.78, 5) is 7.18. The van der Waals surface area contributed by atoms with Crippen molar-refractivity contribution < 1.29 is 4.74 Å². The Hall–Kier alpha value is -0.0400. The van der Waals surface area contributed by atoms with E-state index in [-0.39, 0.29) is 29.5 Å². The van der Waals surface area contributed by atoms with E-state index in [1.54, 1.807) is 0 Å². The van der Waals surface area contributed by atoms with Crippen molar-refractivity contribution in [3.8, 4) is 0 Å². The van der Waals surface area contributed by atoms with E-state index in [4.69, 9.17) is 9.73 Å². The zero-order chi connectivity index (χ0) is 15.5. The van der Waals surface area contributed by atoms with Gasteiger partial charge in [-0.05, 0) is 46.0 Å². The molecule has 1 aliphatic carbocycles. The van der Waals surface area contributed by atoms with Gasteiger partial charge in [0, 0.05) is 43.8 Å². The molecule has 1 saturated carbocycles. The lowest BCUT2D eigenvalue weighted by molar-refractivity contribution is -0.0667. The summed E-state index contributed by atoms with van der Waals surface area (Å²) in [5.74, 6) is 1.92. The molecule has 0 aromatic carbocycles. The fraction of sp³-hybridized carbons (Fsp3) is 0.941. The molecule has 1 saturated heterocycles. The average molecular weight is 423 g/mol. The number of guanidine groups is 1. The minimum atomic E-state index is 0. The number of nitrogens with zero attached hydrogens (tertiary/aromatic N) is 2. The third-order valence-electron chi connectivity index (χ3n) is 5.23. The van der Waals surface area contributed by atoms with Gasteiger partial charge in [-0.25, -0.2) is 0 Å². The van der Waals surface area contributed by atoms with E-state index >= 15 is 0 Å². The lowest BCUT2D eigenvalue weighted by atomic mass is 9.65. The summed E-state index contributed by atoms with van der Waals surface area (Å²) >= 11 is 0. The van der Waals surface area contributed by atoms with Gasteiger partial charge < -0.3 is 15.0 Å². The van der Waals surface area contributed by atoms with Gasteiger partial charge in [0.05, 0.1) is 0 Å². The lowest BCUT2D eigenvalue weighted by Gasteiger charge is -2.62. The Balaban J connectivity index is 0.00000242. The number of aliphatic imine (C=N–C) groups is 1. The SMILES string of the molecule is CCNC(=NCCCOCC1CC1)N1CC(C)(C)C1(C)C.I. The van der Waals surface area contributed by atoms with Crippen LogP contribution in [0.3, 0.4) is 0 Å². The van der Waals surface area contributed by atoms with Crippen LogP contribution >= 0.6 is 24.0 Å². The van der Waals surface area contributed by atoms with Crippen LogP contribution in [0.15, 0.2) is 4.99 Å². The molecule has 0 spiro atoms. The molecule has 0 unspecified atom stereocenters. The molecule has 2 aliphatic rings. The zero-order valence-electron chi connectivity index (χ0n) is 14.9. The maximum Gasteiger partial charge on any atom is 0.194 e. The molecule has 1 N–H and O–H groups in total. The minimum absolute atomic E-state index is 0. The van der Waals surface area contributed by atoms with Crippen LogP contribution < -0.4 is 5.32 Å². The fourth-order valence-corrected chi connectivity index (χ4v) is 2.68. The van der Waals surface area contributed by atoms with Gasteiger partial charge in [0.25, 0.3) is 0 Å². The van der Waals surface area contributed by atoms with Crippen molar-refractivity contribution in [3.63, 3.8) is 0 Å². The van der Waals surface area contributed by atoms with Crippen molar-refractivity contribution in [2.45, 2.75) is 59.4 Å². The number of rotatable bonds is 7. The predicted octanol–water partition coefficient (Wildman–Crippen LogP) is 3.51. The Kier molecular flexibility index (Phi) is 7.43. The summed E-state index contributed by atoms with van der Waals surface area (Å²) < 4.78 is 5.67. The summed E-state index contributed by atoms with van der Waals surface area (Å²) in [6, 6.07) is 0. The average Bonchev–Trinajstić information content (AvgIpc) is 3.23. The van der Waals surface area contributed by atoms with E-state index in [1.165, 1.54) is 12.8 Å². The molecule has 4 nitrogen and oxygen atoms in total. The van der Waals surface area contributed by atoms with Crippen LogP contribution in [0, 0.1) is 11.3 Å². The Morgan fingerprint density at radius 2 is 1.95 bits per heavy atom. The minimum Gasteiger partial charge on any atom is -0.381 e. The number of nitrogens with one attached hydrogen (secondary N) is 1. The molecule has 2 rings (SSSR count). The van der Waals surface area contributed by atoms with Gasteiger partial charge in [-0.1, -0.05) is 13.8 Å². The molecular weight excluding hydrogens is 389 g/mol. The summed E-state index contributed by atoms with van der Waals surface area (Å²) in [7, 11) is 0. The number of likely N-dealkylation sites (tertiary alicyclic amines) is 1. The van der Waals surface area contributed by atoms with Crippen LogP contribution in [-0.2, 0) is 4.74 Å². The van der Waals surface area contributed by atoms with Crippen molar-refractivity contribution in [3.05, 3.63) is 0 Å². The predicted molar refractivity (Wildman–Crippen MR) is 104 cm³/mol. The van der Waals surface area contributed by atoms with Gasteiger partial charge in [-0.2, -0.15) is 0 Å². The number of hydrogen-bond donors (Lipinski definition) is 1. The largest absolute Gasteiger partial charge is 0.381 e. The third-order valence-corrected chi connectivity index (χ3v) is 5.23. The molecule has 2 fully saturated rings. The fourth-order valence-electron chi connectivity index (χ4n) is 2.68. The first-order chi connectivity index (χ1) is 9.88. The Morgan fingerprint density at radius 3 is 2.45 bits per heavy atom. The molecule has 1 aliphatic heterocycles. The van der Waals surface area contributed by atoms with E-state index in [0.29, 0.717) is 5.41 Å². The van der Waals surface area contributed by atoms with E-state index in [1.807, 2.05) is 0 Å². The smallest absolute Gasteiger partial charge is 0.194 e. The monoisotopic (exact) mass is 423 g/mol. The standard InChI is InChI=1S/C17H33N3O.HI/c1-6-18-15(20-13-16(2,3)17(20,4)5)19-10-7-11-21-12-14-8-9-14;/h14H,6-13H2,1-5H3,(H,18,19);1H. The molecule has 22 heavy (non-hydrogen) atoms. The molecule has 0 aromatic rings. The number of halogens is 1. The topological polar surface area (TPSA) is 36.9 Å². The first-order valence-electron chi connectivity index (χ1n) is 8.52. The molecular formula is C17H34IN3O. The van der Waals surface area contributed by atoms with Crippen LogP contribution in [0.5, 0.6) is 0 Å². The van der Waals surface area contributed by atoms with Crippen molar-refractivity contribution >= 4 is 29.9 Å². The maximum atomic E-state index is 5.67. The Bertz CT molecular complexity index is 378. The highest BCUT2D eigenvalue weighted by atomic mass is 127. The molecule has 0 radical (unpaired) electrons. The summed E-state index contributed by atoms with van der Waals surface area (Å²) in [6.45, 7) is 16.0. The van der Waals surface area contributed by atoms with Crippen LogP contribution in [0.25, 0.3) is 0 Å². The highest BCUT2D eigenvalue weighted by molar-refractivity contribution is 14.0. The van der Waals surface area contributed by atoms with Gasteiger partial charge in [-0.15, -0.1) is 24.0 Å². The van der Waals surface area contributed by atoms with Gasteiger partial charge >= 0.3 is 0 Å². The normalized spacial score (nSPS) is 22.8. The molecule has 0 aromatic heterocycles. The first kappa shape index (κ1) is 20.0. The van der Waals surface area contributed by atoms with Crippen LogP contribution in [0.4, 0.5) is 0 Å². The molecule has 0 atom stereocenters. The van der Waals surface area contributed by atoms with Crippen LogP contribution in [-0.4, -0.2) is 49.2 Å². The molecule has 5 heteroatoms. The summed E-state index contributed by atoms with van der Waals surface area (Å²) in [5, 5.41) is 3.43. The van der Waals surface area contributed by atoms with Gasteiger partial charge in [0.1, 0.15) is 0 Å². The molecule has 0 bridgehead atoms. The summed E-state index contributed by atoms with van der Waals surface area (Å²) in [6.07, 6.45) is 3.74. The van der Waals surface area contributed by atoms with E-state index < -0.39 is 0 Å².